The highest BCUT2D eigenvalue weighted by atomic mass is 16.3. The summed E-state index contributed by atoms with van der Waals surface area (Å²) in [6, 6.07) is 0. The Bertz CT molecular complexity index is 225. The molecule has 0 amide bonds. The fourth-order valence-electron chi connectivity index (χ4n) is 4.60. The fourth-order valence-corrected chi connectivity index (χ4v) is 4.60. The van der Waals surface area contributed by atoms with Gasteiger partial charge >= 0.3 is 0 Å². The number of aliphatic hydroxyl groups excluding tert-OH is 1. The summed E-state index contributed by atoms with van der Waals surface area (Å²) < 4.78 is 0. The average Bonchev–Trinajstić information content (AvgIpc) is 2.58. The Balaban J connectivity index is 1.86. The zero-order valence-corrected chi connectivity index (χ0v) is 9.04. The third-order valence-electron chi connectivity index (χ3n) is 5.36. The van der Waals surface area contributed by atoms with Crippen LogP contribution in [0.5, 0.6) is 0 Å². The Morgan fingerprint density at radius 3 is 2.64 bits per heavy atom. The molecule has 0 heterocycles. The predicted molar refractivity (Wildman–Crippen MR) is 57.0 cm³/mol. The lowest BCUT2D eigenvalue weighted by Crippen LogP contribution is -2.34. The first kappa shape index (κ1) is 9.21. The number of hydrogen-bond acceptors (Lipinski definition) is 1. The highest BCUT2D eigenvalue weighted by Gasteiger charge is 2.57. The van der Waals surface area contributed by atoms with Crippen LogP contribution >= 0.6 is 0 Å². The van der Waals surface area contributed by atoms with Crippen LogP contribution in [-0.2, 0) is 0 Å². The van der Waals surface area contributed by atoms with Crippen LogP contribution in [0.1, 0.15) is 57.8 Å². The van der Waals surface area contributed by atoms with Gasteiger partial charge in [-0.15, -0.1) is 0 Å². The number of hydrogen-bond donors (Lipinski definition) is 1. The van der Waals surface area contributed by atoms with Gasteiger partial charge in [-0.05, 0) is 49.4 Å². The molecule has 0 aromatic carbocycles. The minimum Gasteiger partial charge on any atom is -0.392 e. The highest BCUT2D eigenvalue weighted by molar-refractivity contribution is 5.07. The Morgan fingerprint density at radius 2 is 1.79 bits per heavy atom. The molecule has 3 aliphatic carbocycles. The Kier molecular flexibility index (Phi) is 2.12. The van der Waals surface area contributed by atoms with Crippen LogP contribution in [0.15, 0.2) is 0 Å². The first-order chi connectivity index (χ1) is 6.83. The van der Waals surface area contributed by atoms with Gasteiger partial charge in [0.1, 0.15) is 0 Å². The van der Waals surface area contributed by atoms with Gasteiger partial charge in [-0.2, -0.15) is 0 Å². The first-order valence-electron chi connectivity index (χ1n) is 6.51. The van der Waals surface area contributed by atoms with Crippen molar-refractivity contribution in [3.05, 3.63) is 0 Å². The maximum absolute atomic E-state index is 10.3. The molecular weight excluding hydrogens is 172 g/mol. The Morgan fingerprint density at radius 1 is 0.929 bits per heavy atom. The lowest BCUT2D eigenvalue weighted by atomic mass is 9.68. The van der Waals surface area contributed by atoms with Crippen molar-refractivity contribution < 1.29 is 5.11 Å². The molecule has 0 aromatic rings. The van der Waals surface area contributed by atoms with Gasteiger partial charge in [0.15, 0.2) is 0 Å². The van der Waals surface area contributed by atoms with Gasteiger partial charge in [-0.3, -0.25) is 0 Å². The molecule has 3 fully saturated rings. The molecule has 0 aromatic heterocycles. The van der Waals surface area contributed by atoms with Crippen molar-refractivity contribution in [2.45, 2.75) is 63.9 Å². The third kappa shape index (κ3) is 1.11. The van der Waals surface area contributed by atoms with E-state index in [1.807, 2.05) is 0 Å². The normalized spacial score (nSPS) is 52.5. The van der Waals surface area contributed by atoms with Gasteiger partial charge < -0.3 is 5.11 Å². The van der Waals surface area contributed by atoms with E-state index in [1.54, 1.807) is 0 Å². The lowest BCUT2D eigenvalue weighted by Gasteiger charge is -2.38. The molecule has 0 radical (unpaired) electrons. The quantitative estimate of drug-likeness (QED) is 0.628. The standard InChI is InChI=1S/C13H22O/c14-12-10-6-8-13(12)7-4-2-1-3-5-11(13)9-10/h10-12,14H,1-9H2. The predicted octanol–water partition coefficient (Wildman–Crippen LogP) is 3.12. The zero-order valence-electron chi connectivity index (χ0n) is 9.04. The van der Waals surface area contributed by atoms with Gasteiger partial charge in [-0.25, -0.2) is 0 Å². The summed E-state index contributed by atoms with van der Waals surface area (Å²) in [5.74, 6) is 1.56. The van der Waals surface area contributed by atoms with E-state index >= 15 is 0 Å². The second kappa shape index (κ2) is 3.23. The van der Waals surface area contributed by atoms with Crippen molar-refractivity contribution >= 4 is 0 Å². The zero-order chi connectivity index (χ0) is 9.60. The smallest absolute Gasteiger partial charge is 0.0627 e. The largest absolute Gasteiger partial charge is 0.392 e. The van der Waals surface area contributed by atoms with Crippen LogP contribution < -0.4 is 0 Å². The molecule has 14 heavy (non-hydrogen) atoms. The maximum atomic E-state index is 10.3. The van der Waals surface area contributed by atoms with Gasteiger partial charge in [0.2, 0.25) is 0 Å². The molecule has 0 saturated heterocycles. The van der Waals surface area contributed by atoms with Crippen LogP contribution in [0, 0.1) is 17.3 Å². The summed E-state index contributed by atoms with van der Waals surface area (Å²) in [4.78, 5) is 0. The summed E-state index contributed by atoms with van der Waals surface area (Å²) in [5, 5.41) is 10.3. The van der Waals surface area contributed by atoms with Crippen LogP contribution in [0.25, 0.3) is 0 Å². The van der Waals surface area contributed by atoms with Gasteiger partial charge in [0.25, 0.3) is 0 Å². The van der Waals surface area contributed by atoms with Crippen LogP contribution in [-0.4, -0.2) is 11.2 Å². The molecule has 2 bridgehead atoms. The highest BCUT2D eigenvalue weighted by Crippen LogP contribution is 2.61. The monoisotopic (exact) mass is 194 g/mol. The van der Waals surface area contributed by atoms with E-state index in [2.05, 4.69) is 0 Å². The lowest BCUT2D eigenvalue weighted by molar-refractivity contribution is 0.0211. The molecule has 0 aliphatic heterocycles. The van der Waals surface area contributed by atoms with Gasteiger partial charge in [-0.1, -0.05) is 25.7 Å². The van der Waals surface area contributed by atoms with Gasteiger partial charge in [0.05, 0.1) is 6.10 Å². The minimum absolute atomic E-state index is 0.0746. The average molecular weight is 194 g/mol. The van der Waals surface area contributed by atoms with Crippen molar-refractivity contribution in [1.82, 2.24) is 0 Å². The van der Waals surface area contributed by atoms with E-state index in [-0.39, 0.29) is 6.10 Å². The molecule has 1 N–H and O–H groups in total. The van der Waals surface area contributed by atoms with E-state index in [0.717, 1.165) is 5.92 Å². The van der Waals surface area contributed by atoms with Crippen LogP contribution in [0.4, 0.5) is 0 Å². The maximum Gasteiger partial charge on any atom is 0.0627 e. The molecule has 4 atom stereocenters. The number of rotatable bonds is 0. The van der Waals surface area contributed by atoms with Crippen molar-refractivity contribution in [3.63, 3.8) is 0 Å². The van der Waals surface area contributed by atoms with Crippen molar-refractivity contribution in [2.75, 3.05) is 0 Å². The summed E-state index contributed by atoms with van der Waals surface area (Å²) in [6.45, 7) is 0. The minimum atomic E-state index is 0.0746. The number of aliphatic hydroxyl groups is 1. The summed E-state index contributed by atoms with van der Waals surface area (Å²) in [6.07, 6.45) is 12.5. The van der Waals surface area contributed by atoms with Crippen molar-refractivity contribution in [1.29, 1.82) is 0 Å². The van der Waals surface area contributed by atoms with Crippen molar-refractivity contribution in [2.24, 2.45) is 17.3 Å². The summed E-state index contributed by atoms with van der Waals surface area (Å²) in [7, 11) is 0. The summed E-state index contributed by atoms with van der Waals surface area (Å²) in [5.41, 5.74) is 0.394. The second-order valence-electron chi connectivity index (χ2n) is 5.86. The molecule has 3 aliphatic rings. The topological polar surface area (TPSA) is 20.2 Å². The fraction of sp³-hybridized carbons (Fsp3) is 1.00. The van der Waals surface area contributed by atoms with Crippen LogP contribution in [0.3, 0.4) is 0 Å². The molecule has 1 nitrogen and oxygen atoms in total. The van der Waals surface area contributed by atoms with E-state index < -0.39 is 0 Å². The Hall–Kier alpha value is -0.0400. The molecule has 3 saturated carbocycles. The SMILES string of the molecule is OC1C2CCC13CCCCCCC3C2. The van der Waals surface area contributed by atoms with Gasteiger partial charge in [0, 0.05) is 0 Å². The molecule has 1 heteroatoms. The van der Waals surface area contributed by atoms with E-state index in [9.17, 15) is 5.11 Å². The first-order valence-corrected chi connectivity index (χ1v) is 6.51. The van der Waals surface area contributed by atoms with E-state index in [4.69, 9.17) is 0 Å². The van der Waals surface area contributed by atoms with Crippen molar-refractivity contribution in [3.8, 4) is 0 Å². The van der Waals surface area contributed by atoms with E-state index in [0.29, 0.717) is 11.3 Å². The van der Waals surface area contributed by atoms with E-state index in [1.165, 1.54) is 57.8 Å². The Labute approximate surface area is 86.9 Å². The molecule has 3 rings (SSSR count). The van der Waals surface area contributed by atoms with Crippen LogP contribution in [0.2, 0.25) is 0 Å². The number of fused-ring (bicyclic) bond motifs is 1. The molecule has 80 valence electrons. The third-order valence-corrected chi connectivity index (χ3v) is 5.36. The molecule has 4 unspecified atom stereocenters. The summed E-state index contributed by atoms with van der Waals surface area (Å²) >= 11 is 0. The molecule has 1 spiro atoms. The molecular formula is C13H22O. The second-order valence-corrected chi connectivity index (χ2v) is 5.86.